The summed E-state index contributed by atoms with van der Waals surface area (Å²) in [5, 5.41) is 14.0. The Morgan fingerprint density at radius 1 is 1.17 bits per heavy atom. The van der Waals surface area contributed by atoms with Gasteiger partial charge in [0.1, 0.15) is 0 Å². The van der Waals surface area contributed by atoms with E-state index in [1.54, 1.807) is 18.2 Å². The molecule has 5 heteroatoms. The lowest BCUT2D eigenvalue weighted by Crippen LogP contribution is -2.24. The fourth-order valence-electron chi connectivity index (χ4n) is 2.16. The largest absolute Gasteiger partial charge is 0.347 e. The normalized spacial score (nSPS) is 10.9. The number of hydrogen-bond donors (Lipinski definition) is 2. The van der Waals surface area contributed by atoms with Crippen molar-refractivity contribution in [2.75, 3.05) is 11.9 Å². The number of amides is 1. The van der Waals surface area contributed by atoms with Gasteiger partial charge >= 0.3 is 0 Å². The fraction of sp³-hybridized carbons (Fsp3) is 0.278. The molecule has 0 radical (unpaired) electrons. The monoisotopic (exact) mass is 310 g/mol. The molecule has 120 valence electrons. The smallest absolute Gasteiger partial charge is 0.272 e. The minimum absolute atomic E-state index is 0.0154. The first-order valence-electron chi connectivity index (χ1n) is 7.51. The number of carbonyl (C=O) groups excluding carboxylic acids is 1. The van der Waals surface area contributed by atoms with Crippen LogP contribution in [0, 0.1) is 0 Å². The SMILES string of the molecule is C=CCNC(=O)c1ccc(Nc2ccccc2C(C)(C)C)nn1. The summed E-state index contributed by atoms with van der Waals surface area (Å²) in [5.74, 6) is 0.334. The number of aromatic nitrogens is 2. The van der Waals surface area contributed by atoms with Crippen LogP contribution in [0.3, 0.4) is 0 Å². The summed E-state index contributed by atoms with van der Waals surface area (Å²) in [5.41, 5.74) is 2.47. The fourth-order valence-corrected chi connectivity index (χ4v) is 2.16. The van der Waals surface area contributed by atoms with Crippen molar-refractivity contribution in [3.05, 3.63) is 60.3 Å². The van der Waals surface area contributed by atoms with E-state index in [9.17, 15) is 4.79 Å². The molecule has 0 bridgehead atoms. The summed E-state index contributed by atoms with van der Waals surface area (Å²) < 4.78 is 0. The highest BCUT2D eigenvalue weighted by molar-refractivity contribution is 5.92. The van der Waals surface area contributed by atoms with E-state index in [1.165, 1.54) is 5.56 Å². The summed E-state index contributed by atoms with van der Waals surface area (Å²) in [6, 6.07) is 11.5. The highest BCUT2D eigenvalue weighted by Gasteiger charge is 2.17. The van der Waals surface area contributed by atoms with Crippen LogP contribution in [0.25, 0.3) is 0 Å². The maximum absolute atomic E-state index is 11.8. The van der Waals surface area contributed by atoms with Gasteiger partial charge in [-0.15, -0.1) is 16.8 Å². The van der Waals surface area contributed by atoms with Crippen molar-refractivity contribution in [3.63, 3.8) is 0 Å². The van der Waals surface area contributed by atoms with Crippen molar-refractivity contribution in [1.82, 2.24) is 15.5 Å². The molecular weight excluding hydrogens is 288 g/mol. The van der Waals surface area contributed by atoms with Gasteiger partial charge in [0.2, 0.25) is 0 Å². The van der Waals surface area contributed by atoms with E-state index in [0.29, 0.717) is 12.4 Å². The molecule has 0 saturated carbocycles. The third-order valence-electron chi connectivity index (χ3n) is 3.30. The van der Waals surface area contributed by atoms with Crippen LogP contribution in [0.4, 0.5) is 11.5 Å². The van der Waals surface area contributed by atoms with Gasteiger partial charge in [-0.05, 0) is 29.2 Å². The van der Waals surface area contributed by atoms with Crippen LogP contribution >= 0.6 is 0 Å². The average Bonchev–Trinajstić information content (AvgIpc) is 2.53. The number of nitrogens with zero attached hydrogens (tertiary/aromatic N) is 2. The van der Waals surface area contributed by atoms with Crippen LogP contribution in [0.2, 0.25) is 0 Å². The van der Waals surface area contributed by atoms with Crippen LogP contribution in [-0.4, -0.2) is 22.6 Å². The Kier molecular flexibility index (Phi) is 5.11. The van der Waals surface area contributed by atoms with Crippen molar-refractivity contribution < 1.29 is 4.79 Å². The summed E-state index contributed by atoms with van der Waals surface area (Å²) in [7, 11) is 0. The second-order valence-electron chi connectivity index (χ2n) is 6.22. The summed E-state index contributed by atoms with van der Waals surface area (Å²) in [6.07, 6.45) is 1.62. The highest BCUT2D eigenvalue weighted by atomic mass is 16.1. The first-order valence-corrected chi connectivity index (χ1v) is 7.51. The first kappa shape index (κ1) is 16.7. The van der Waals surface area contributed by atoms with E-state index < -0.39 is 0 Å². The number of nitrogens with one attached hydrogen (secondary N) is 2. The van der Waals surface area contributed by atoms with Crippen molar-refractivity contribution in [3.8, 4) is 0 Å². The molecule has 0 aliphatic carbocycles. The quantitative estimate of drug-likeness (QED) is 0.830. The zero-order valence-corrected chi connectivity index (χ0v) is 13.8. The van der Waals surface area contributed by atoms with E-state index >= 15 is 0 Å². The van der Waals surface area contributed by atoms with Crippen molar-refractivity contribution in [2.24, 2.45) is 0 Å². The molecule has 0 aliphatic heterocycles. The molecule has 2 N–H and O–H groups in total. The molecule has 1 amide bonds. The Morgan fingerprint density at radius 2 is 1.91 bits per heavy atom. The Morgan fingerprint density at radius 3 is 2.52 bits per heavy atom. The minimum Gasteiger partial charge on any atom is -0.347 e. The molecule has 0 unspecified atom stereocenters. The van der Waals surface area contributed by atoms with Gasteiger partial charge in [0.15, 0.2) is 11.5 Å². The standard InChI is InChI=1S/C18H22N4O/c1-5-12-19-17(23)15-10-11-16(22-21-15)20-14-9-7-6-8-13(14)18(2,3)4/h5-11H,1,12H2,2-4H3,(H,19,23)(H,20,22). The number of hydrogen-bond acceptors (Lipinski definition) is 4. The molecule has 2 aromatic rings. The van der Waals surface area contributed by atoms with E-state index in [0.717, 1.165) is 5.69 Å². The lowest BCUT2D eigenvalue weighted by molar-refractivity contribution is 0.0952. The van der Waals surface area contributed by atoms with Crippen LogP contribution in [0.1, 0.15) is 36.8 Å². The van der Waals surface area contributed by atoms with Gasteiger partial charge in [0.25, 0.3) is 5.91 Å². The Labute approximate surface area is 136 Å². The van der Waals surface area contributed by atoms with Gasteiger partial charge in [-0.2, -0.15) is 0 Å². The number of anilines is 2. The maximum Gasteiger partial charge on any atom is 0.272 e. The van der Waals surface area contributed by atoms with Gasteiger partial charge in [-0.3, -0.25) is 4.79 Å². The van der Waals surface area contributed by atoms with E-state index in [1.807, 2.05) is 18.2 Å². The van der Waals surface area contributed by atoms with Gasteiger partial charge in [0, 0.05) is 12.2 Å². The molecule has 2 rings (SSSR count). The molecule has 1 aromatic heterocycles. The lowest BCUT2D eigenvalue weighted by atomic mass is 9.86. The second kappa shape index (κ2) is 7.05. The Balaban J connectivity index is 2.16. The van der Waals surface area contributed by atoms with E-state index in [4.69, 9.17) is 0 Å². The van der Waals surface area contributed by atoms with Crippen LogP contribution in [0.15, 0.2) is 49.1 Å². The third-order valence-corrected chi connectivity index (χ3v) is 3.30. The molecule has 0 atom stereocenters. The number of para-hydroxylation sites is 1. The topological polar surface area (TPSA) is 66.9 Å². The number of rotatable bonds is 5. The molecule has 1 heterocycles. The molecule has 5 nitrogen and oxygen atoms in total. The molecule has 0 fully saturated rings. The third kappa shape index (κ3) is 4.39. The van der Waals surface area contributed by atoms with E-state index in [-0.39, 0.29) is 17.0 Å². The van der Waals surface area contributed by atoms with Crippen LogP contribution in [0.5, 0.6) is 0 Å². The zero-order chi connectivity index (χ0) is 16.9. The maximum atomic E-state index is 11.8. The van der Waals surface area contributed by atoms with Gasteiger partial charge in [0.05, 0.1) is 0 Å². The van der Waals surface area contributed by atoms with Crippen molar-refractivity contribution >= 4 is 17.4 Å². The number of carbonyl (C=O) groups is 1. The summed E-state index contributed by atoms with van der Waals surface area (Å²) >= 11 is 0. The molecule has 0 saturated heterocycles. The Bertz CT molecular complexity index is 687. The second-order valence-corrected chi connectivity index (χ2v) is 6.22. The zero-order valence-electron chi connectivity index (χ0n) is 13.8. The summed E-state index contributed by atoms with van der Waals surface area (Å²) in [6.45, 7) is 10.4. The number of benzene rings is 1. The van der Waals surface area contributed by atoms with Gasteiger partial charge in [-0.1, -0.05) is 45.0 Å². The molecule has 23 heavy (non-hydrogen) atoms. The molecular formula is C18H22N4O. The van der Waals surface area contributed by atoms with Crippen molar-refractivity contribution in [2.45, 2.75) is 26.2 Å². The Hall–Kier alpha value is -2.69. The highest BCUT2D eigenvalue weighted by Crippen LogP contribution is 2.30. The predicted molar refractivity (Wildman–Crippen MR) is 93.0 cm³/mol. The minimum atomic E-state index is -0.265. The summed E-state index contributed by atoms with van der Waals surface area (Å²) in [4.78, 5) is 11.8. The molecule has 1 aromatic carbocycles. The van der Waals surface area contributed by atoms with Gasteiger partial charge < -0.3 is 10.6 Å². The van der Waals surface area contributed by atoms with Crippen LogP contribution < -0.4 is 10.6 Å². The molecule has 0 spiro atoms. The lowest BCUT2D eigenvalue weighted by Gasteiger charge is -2.23. The first-order chi connectivity index (χ1) is 10.9. The van der Waals surface area contributed by atoms with Crippen molar-refractivity contribution in [1.29, 1.82) is 0 Å². The van der Waals surface area contributed by atoms with Gasteiger partial charge in [-0.25, -0.2) is 0 Å². The van der Waals surface area contributed by atoms with E-state index in [2.05, 4.69) is 54.2 Å². The molecule has 0 aliphatic rings. The average molecular weight is 310 g/mol. The predicted octanol–water partition coefficient (Wildman–Crippen LogP) is 3.43. The van der Waals surface area contributed by atoms with Crippen LogP contribution in [-0.2, 0) is 5.41 Å².